The van der Waals surface area contributed by atoms with Crippen LogP contribution in [0.25, 0.3) is 0 Å². The molecule has 0 bridgehead atoms. The average molecular weight is 343 g/mol. The molecule has 24 heavy (non-hydrogen) atoms. The summed E-state index contributed by atoms with van der Waals surface area (Å²) in [5.41, 5.74) is 0.175. The van der Waals surface area contributed by atoms with Gasteiger partial charge in [0, 0.05) is 6.20 Å². The highest BCUT2D eigenvalue weighted by atomic mass is 19.4. The van der Waals surface area contributed by atoms with Crippen molar-refractivity contribution in [2.45, 2.75) is 96.6 Å². The zero-order valence-corrected chi connectivity index (χ0v) is 15.2. The highest BCUT2D eigenvalue weighted by molar-refractivity contribution is 5.19. The lowest BCUT2D eigenvalue weighted by molar-refractivity contribution is -0.141. The first-order valence-corrected chi connectivity index (χ1v) is 9.52. The number of rotatable bonds is 12. The molecule has 0 aliphatic heterocycles. The van der Waals surface area contributed by atoms with E-state index in [1.165, 1.54) is 51.1 Å². The number of halogens is 3. The zero-order valence-electron chi connectivity index (χ0n) is 15.2. The predicted molar refractivity (Wildman–Crippen MR) is 94.1 cm³/mol. The summed E-state index contributed by atoms with van der Waals surface area (Å²) in [7, 11) is 0. The van der Waals surface area contributed by atoms with Crippen LogP contribution in [0, 0.1) is 0 Å². The highest BCUT2D eigenvalue weighted by Gasteiger charge is 2.32. The number of pyridine rings is 1. The van der Waals surface area contributed by atoms with E-state index in [-0.39, 0.29) is 0 Å². The standard InChI is InChI=1S/C20H32F3N/c1-3-5-7-9-11-13-17(12-10-8-6-4-2)18-14-15-19(24-16-18)20(21,22)23/h14-17H,3-13H2,1-2H3. The topological polar surface area (TPSA) is 12.9 Å². The van der Waals surface area contributed by atoms with Gasteiger partial charge in [0.05, 0.1) is 0 Å². The van der Waals surface area contributed by atoms with Gasteiger partial charge in [-0.25, -0.2) is 0 Å². The minimum atomic E-state index is -4.35. The van der Waals surface area contributed by atoms with E-state index in [0.717, 1.165) is 37.3 Å². The van der Waals surface area contributed by atoms with E-state index in [1.54, 1.807) is 6.07 Å². The number of unbranched alkanes of at least 4 members (excludes halogenated alkanes) is 7. The van der Waals surface area contributed by atoms with Gasteiger partial charge in [-0.1, -0.05) is 77.7 Å². The Labute approximate surface area is 145 Å². The minimum absolute atomic E-state index is 0.346. The van der Waals surface area contributed by atoms with Gasteiger partial charge in [-0.05, 0) is 30.4 Å². The molecule has 1 nitrogen and oxygen atoms in total. The largest absolute Gasteiger partial charge is 0.433 e. The Morgan fingerprint density at radius 3 is 1.83 bits per heavy atom. The predicted octanol–water partition coefficient (Wildman–Crippen LogP) is 7.51. The normalized spacial score (nSPS) is 13.2. The lowest BCUT2D eigenvalue weighted by atomic mass is 9.89. The van der Waals surface area contributed by atoms with Crippen molar-refractivity contribution in [3.8, 4) is 0 Å². The maximum absolute atomic E-state index is 12.7. The Morgan fingerprint density at radius 1 is 0.833 bits per heavy atom. The maximum atomic E-state index is 12.7. The Hall–Kier alpha value is -1.06. The zero-order chi connectivity index (χ0) is 17.8. The molecule has 0 amide bonds. The third kappa shape index (κ3) is 8.16. The summed E-state index contributed by atoms with van der Waals surface area (Å²) in [4.78, 5) is 3.65. The van der Waals surface area contributed by atoms with Gasteiger partial charge in [-0.15, -0.1) is 0 Å². The van der Waals surface area contributed by atoms with Crippen LogP contribution in [0.4, 0.5) is 13.2 Å². The number of alkyl halides is 3. The summed E-state index contributed by atoms with van der Waals surface area (Å²) < 4.78 is 38.0. The Bertz CT molecular complexity index is 426. The van der Waals surface area contributed by atoms with E-state index in [9.17, 15) is 13.2 Å². The maximum Gasteiger partial charge on any atom is 0.433 e. The first-order valence-electron chi connectivity index (χ1n) is 9.52. The van der Waals surface area contributed by atoms with E-state index in [4.69, 9.17) is 0 Å². The molecular weight excluding hydrogens is 311 g/mol. The molecule has 0 aliphatic carbocycles. The molecule has 1 heterocycles. The molecule has 1 unspecified atom stereocenters. The van der Waals surface area contributed by atoms with Gasteiger partial charge in [0.25, 0.3) is 0 Å². The molecule has 1 rings (SSSR count). The molecule has 0 radical (unpaired) electrons. The summed E-state index contributed by atoms with van der Waals surface area (Å²) in [5, 5.41) is 0. The van der Waals surface area contributed by atoms with Gasteiger partial charge in [0.15, 0.2) is 0 Å². The van der Waals surface area contributed by atoms with Crippen LogP contribution in [-0.2, 0) is 6.18 Å². The first kappa shape index (κ1) is 21.0. The van der Waals surface area contributed by atoms with Crippen molar-refractivity contribution < 1.29 is 13.2 Å². The fourth-order valence-corrected chi connectivity index (χ4v) is 3.10. The van der Waals surface area contributed by atoms with Crippen molar-refractivity contribution in [3.05, 3.63) is 29.6 Å². The van der Waals surface area contributed by atoms with Crippen LogP contribution in [0.1, 0.15) is 102 Å². The van der Waals surface area contributed by atoms with Gasteiger partial charge >= 0.3 is 6.18 Å². The second-order valence-electron chi connectivity index (χ2n) is 6.72. The quantitative estimate of drug-likeness (QED) is 0.358. The van der Waals surface area contributed by atoms with Gasteiger partial charge in [-0.2, -0.15) is 13.2 Å². The van der Waals surface area contributed by atoms with Crippen LogP contribution in [0.3, 0.4) is 0 Å². The van der Waals surface area contributed by atoms with E-state index in [1.807, 2.05) is 0 Å². The highest BCUT2D eigenvalue weighted by Crippen LogP contribution is 2.31. The Morgan fingerprint density at radius 2 is 1.38 bits per heavy atom. The van der Waals surface area contributed by atoms with Gasteiger partial charge in [-0.3, -0.25) is 4.98 Å². The third-order valence-electron chi connectivity index (χ3n) is 4.61. The smallest absolute Gasteiger partial charge is 0.251 e. The second kappa shape index (κ2) is 11.5. The van der Waals surface area contributed by atoms with Crippen molar-refractivity contribution in [2.75, 3.05) is 0 Å². The summed E-state index contributed by atoms with van der Waals surface area (Å²) in [6, 6.07) is 2.76. The van der Waals surface area contributed by atoms with Crippen LogP contribution < -0.4 is 0 Å². The molecule has 4 heteroatoms. The SMILES string of the molecule is CCCCCCCC(CCCCCC)c1ccc(C(F)(F)F)nc1. The third-order valence-corrected chi connectivity index (χ3v) is 4.61. The average Bonchev–Trinajstić information content (AvgIpc) is 2.56. The van der Waals surface area contributed by atoms with Crippen LogP contribution in [0.2, 0.25) is 0 Å². The molecule has 1 aromatic heterocycles. The van der Waals surface area contributed by atoms with E-state index >= 15 is 0 Å². The van der Waals surface area contributed by atoms with Crippen LogP contribution in [0.15, 0.2) is 18.3 Å². The van der Waals surface area contributed by atoms with Gasteiger partial charge in [0.2, 0.25) is 0 Å². The molecule has 0 spiro atoms. The monoisotopic (exact) mass is 343 g/mol. The minimum Gasteiger partial charge on any atom is -0.251 e. The fraction of sp³-hybridized carbons (Fsp3) is 0.750. The summed E-state index contributed by atoms with van der Waals surface area (Å²) in [5.74, 6) is 0.346. The van der Waals surface area contributed by atoms with Crippen molar-refractivity contribution in [1.29, 1.82) is 0 Å². The number of aromatic nitrogens is 1. The van der Waals surface area contributed by atoms with Crippen LogP contribution in [-0.4, -0.2) is 4.98 Å². The molecule has 0 fully saturated rings. The van der Waals surface area contributed by atoms with E-state index in [2.05, 4.69) is 18.8 Å². The summed E-state index contributed by atoms with van der Waals surface area (Å²) in [6.45, 7) is 4.38. The molecule has 0 N–H and O–H groups in total. The van der Waals surface area contributed by atoms with E-state index in [0.29, 0.717) is 5.92 Å². The summed E-state index contributed by atoms with van der Waals surface area (Å²) >= 11 is 0. The molecule has 138 valence electrons. The van der Waals surface area contributed by atoms with Crippen molar-refractivity contribution in [3.63, 3.8) is 0 Å². The van der Waals surface area contributed by atoms with Crippen molar-refractivity contribution in [1.82, 2.24) is 4.98 Å². The first-order chi connectivity index (χ1) is 11.5. The number of hydrogen-bond donors (Lipinski definition) is 0. The lowest BCUT2D eigenvalue weighted by Gasteiger charge is -2.18. The molecule has 1 aromatic rings. The molecular formula is C20H32F3N. The fourth-order valence-electron chi connectivity index (χ4n) is 3.10. The lowest BCUT2D eigenvalue weighted by Crippen LogP contribution is -2.09. The Kier molecular flexibility index (Phi) is 10.0. The Balaban J connectivity index is 2.61. The number of hydrogen-bond acceptors (Lipinski definition) is 1. The molecule has 0 saturated heterocycles. The molecule has 1 atom stereocenters. The van der Waals surface area contributed by atoms with Gasteiger partial charge < -0.3 is 0 Å². The van der Waals surface area contributed by atoms with Crippen molar-refractivity contribution >= 4 is 0 Å². The number of nitrogens with zero attached hydrogens (tertiary/aromatic N) is 1. The molecule has 0 saturated carbocycles. The van der Waals surface area contributed by atoms with Crippen LogP contribution in [0.5, 0.6) is 0 Å². The second-order valence-corrected chi connectivity index (χ2v) is 6.72. The van der Waals surface area contributed by atoms with Gasteiger partial charge in [0.1, 0.15) is 5.69 Å². The molecule has 0 aromatic carbocycles. The van der Waals surface area contributed by atoms with Crippen LogP contribution >= 0.6 is 0 Å². The van der Waals surface area contributed by atoms with E-state index < -0.39 is 11.9 Å². The summed E-state index contributed by atoms with van der Waals surface area (Å²) in [6.07, 6.45) is 10.1. The van der Waals surface area contributed by atoms with Crippen molar-refractivity contribution in [2.24, 2.45) is 0 Å². The molecule has 0 aliphatic rings.